The summed E-state index contributed by atoms with van der Waals surface area (Å²) in [6, 6.07) is 9.31. The molecule has 5 nitrogen and oxygen atoms in total. The fraction of sp³-hybridized carbons (Fsp3) is 0.368. The first-order valence-corrected chi connectivity index (χ1v) is 7.87. The molecule has 2 rings (SSSR count). The molecule has 24 heavy (non-hydrogen) atoms. The molecule has 0 saturated heterocycles. The van der Waals surface area contributed by atoms with Crippen LogP contribution in [-0.4, -0.2) is 23.4 Å². The number of pyridine rings is 1. The number of aryl methyl sites for hydroxylation is 2. The molecule has 0 bridgehead atoms. The summed E-state index contributed by atoms with van der Waals surface area (Å²) in [6.45, 7) is 7.83. The molecular formula is C19H22N2O3. The van der Waals surface area contributed by atoms with Crippen molar-refractivity contribution in [3.05, 3.63) is 52.1 Å². The van der Waals surface area contributed by atoms with Crippen molar-refractivity contribution in [2.45, 2.75) is 39.7 Å². The lowest BCUT2D eigenvalue weighted by molar-refractivity contribution is 0.112. The highest BCUT2D eigenvalue weighted by atomic mass is 16.5. The van der Waals surface area contributed by atoms with E-state index in [4.69, 9.17) is 4.74 Å². The lowest BCUT2D eigenvalue weighted by Gasteiger charge is -2.16. The first kappa shape index (κ1) is 17.8. The molecule has 2 aromatic rings. The summed E-state index contributed by atoms with van der Waals surface area (Å²) < 4.78 is 5.67. The summed E-state index contributed by atoms with van der Waals surface area (Å²) in [5.74, 6) is 0.530. The topological polar surface area (TPSA) is 68.6 Å². The van der Waals surface area contributed by atoms with E-state index in [-0.39, 0.29) is 0 Å². The standard InChI is InChI=1S/C19H22N2O3/c1-13-10-17(24-9-8-19(3,4)21-23)20-14(2)18(13)16-7-5-6-15(11-16)12-22/h5-7,10-12H,8-9H2,1-4H3. The first-order valence-electron chi connectivity index (χ1n) is 7.87. The third kappa shape index (κ3) is 4.25. The number of carbonyl (C=O) groups is 1. The normalized spacial score (nSPS) is 11.2. The van der Waals surface area contributed by atoms with Crippen LogP contribution in [-0.2, 0) is 0 Å². The second kappa shape index (κ2) is 7.34. The van der Waals surface area contributed by atoms with E-state index in [9.17, 15) is 9.70 Å². The number of nitrogens with zero attached hydrogens (tertiary/aromatic N) is 2. The first-order chi connectivity index (χ1) is 11.4. The summed E-state index contributed by atoms with van der Waals surface area (Å²) in [5, 5.41) is 3.08. The predicted octanol–water partition coefficient (Wildman–Crippen LogP) is 4.49. The van der Waals surface area contributed by atoms with Gasteiger partial charge in [0, 0.05) is 29.3 Å². The Bertz CT molecular complexity index is 731. The molecule has 0 radical (unpaired) electrons. The number of rotatable bonds is 7. The van der Waals surface area contributed by atoms with E-state index in [0.717, 1.165) is 28.7 Å². The van der Waals surface area contributed by atoms with Gasteiger partial charge in [0.05, 0.1) is 6.61 Å². The number of ether oxygens (including phenoxy) is 1. The zero-order valence-electron chi connectivity index (χ0n) is 14.5. The number of carbonyl (C=O) groups excluding carboxylic acids is 1. The van der Waals surface area contributed by atoms with E-state index >= 15 is 0 Å². The van der Waals surface area contributed by atoms with E-state index in [1.165, 1.54) is 0 Å². The van der Waals surface area contributed by atoms with E-state index in [2.05, 4.69) is 10.2 Å². The monoisotopic (exact) mass is 326 g/mol. The minimum atomic E-state index is -0.640. The largest absolute Gasteiger partial charge is 0.478 e. The molecule has 0 unspecified atom stereocenters. The Hall–Kier alpha value is -2.56. The molecule has 0 N–H and O–H groups in total. The average molecular weight is 326 g/mol. The van der Waals surface area contributed by atoms with E-state index in [0.29, 0.717) is 24.5 Å². The van der Waals surface area contributed by atoms with Crippen LogP contribution in [0.5, 0.6) is 5.88 Å². The molecule has 5 heteroatoms. The molecule has 1 heterocycles. The zero-order chi connectivity index (χ0) is 17.7. The fourth-order valence-corrected chi connectivity index (χ4v) is 2.53. The molecule has 1 aromatic carbocycles. The lowest BCUT2D eigenvalue weighted by atomic mass is 9.98. The van der Waals surface area contributed by atoms with Crippen LogP contribution < -0.4 is 4.74 Å². The van der Waals surface area contributed by atoms with Crippen LogP contribution >= 0.6 is 0 Å². The van der Waals surface area contributed by atoms with Crippen molar-refractivity contribution in [2.24, 2.45) is 5.18 Å². The minimum Gasteiger partial charge on any atom is -0.478 e. The SMILES string of the molecule is Cc1cc(OCCC(C)(C)N=O)nc(C)c1-c1cccc(C=O)c1. The Labute approximate surface area is 142 Å². The van der Waals surface area contributed by atoms with Gasteiger partial charge in [0.1, 0.15) is 11.8 Å². The fourth-order valence-electron chi connectivity index (χ4n) is 2.53. The van der Waals surface area contributed by atoms with Crippen molar-refractivity contribution in [1.29, 1.82) is 0 Å². The Morgan fingerprint density at radius 3 is 2.62 bits per heavy atom. The van der Waals surface area contributed by atoms with Gasteiger partial charge < -0.3 is 4.74 Å². The molecule has 1 aromatic heterocycles. The summed E-state index contributed by atoms with van der Waals surface area (Å²) in [5.41, 5.74) is 3.81. The Balaban J connectivity index is 2.22. The molecule has 0 amide bonds. The highest BCUT2D eigenvalue weighted by Gasteiger charge is 2.18. The number of aldehydes is 1. The van der Waals surface area contributed by atoms with Crippen LogP contribution in [0.3, 0.4) is 0 Å². The average Bonchev–Trinajstić information content (AvgIpc) is 2.54. The smallest absolute Gasteiger partial charge is 0.213 e. The predicted molar refractivity (Wildman–Crippen MR) is 94.5 cm³/mol. The van der Waals surface area contributed by atoms with Gasteiger partial charge in [0.25, 0.3) is 0 Å². The number of benzene rings is 1. The molecule has 0 saturated carbocycles. The van der Waals surface area contributed by atoms with Gasteiger partial charge in [-0.1, -0.05) is 23.4 Å². The molecule has 0 aliphatic carbocycles. The molecule has 0 spiro atoms. The summed E-state index contributed by atoms with van der Waals surface area (Å²) >= 11 is 0. The maximum atomic E-state index is 11.0. The Morgan fingerprint density at radius 1 is 1.25 bits per heavy atom. The van der Waals surface area contributed by atoms with Crippen LogP contribution in [0.25, 0.3) is 11.1 Å². The minimum absolute atomic E-state index is 0.380. The van der Waals surface area contributed by atoms with Gasteiger partial charge >= 0.3 is 0 Å². The third-order valence-corrected chi connectivity index (χ3v) is 3.90. The van der Waals surface area contributed by atoms with Crippen molar-refractivity contribution in [1.82, 2.24) is 4.98 Å². The van der Waals surface area contributed by atoms with Crippen LogP contribution in [0.1, 0.15) is 41.9 Å². The van der Waals surface area contributed by atoms with Gasteiger partial charge in [-0.2, -0.15) is 4.91 Å². The molecule has 0 aliphatic heterocycles. The number of nitroso groups, excluding NO2 is 1. The molecule has 0 aliphatic rings. The molecule has 0 atom stereocenters. The summed E-state index contributed by atoms with van der Waals surface area (Å²) in [7, 11) is 0. The highest BCUT2D eigenvalue weighted by Crippen LogP contribution is 2.29. The van der Waals surface area contributed by atoms with Crippen LogP contribution in [0.2, 0.25) is 0 Å². The van der Waals surface area contributed by atoms with Crippen molar-refractivity contribution < 1.29 is 9.53 Å². The highest BCUT2D eigenvalue weighted by molar-refractivity contribution is 5.80. The van der Waals surface area contributed by atoms with Gasteiger partial charge in [0.2, 0.25) is 5.88 Å². The van der Waals surface area contributed by atoms with Crippen molar-refractivity contribution in [2.75, 3.05) is 6.61 Å². The van der Waals surface area contributed by atoms with E-state index < -0.39 is 5.54 Å². The van der Waals surface area contributed by atoms with Gasteiger partial charge in [0.15, 0.2) is 0 Å². The van der Waals surface area contributed by atoms with Crippen molar-refractivity contribution in [3.63, 3.8) is 0 Å². The molecule has 0 fully saturated rings. The zero-order valence-corrected chi connectivity index (χ0v) is 14.5. The molecular weight excluding hydrogens is 304 g/mol. The van der Waals surface area contributed by atoms with Crippen LogP contribution in [0.15, 0.2) is 35.5 Å². The van der Waals surface area contributed by atoms with Crippen LogP contribution in [0, 0.1) is 18.8 Å². The maximum absolute atomic E-state index is 11.0. The van der Waals surface area contributed by atoms with Gasteiger partial charge in [-0.15, -0.1) is 0 Å². The van der Waals surface area contributed by atoms with Crippen LogP contribution in [0.4, 0.5) is 0 Å². The third-order valence-electron chi connectivity index (χ3n) is 3.90. The van der Waals surface area contributed by atoms with E-state index in [1.807, 2.05) is 38.1 Å². The van der Waals surface area contributed by atoms with Crippen molar-refractivity contribution in [3.8, 4) is 17.0 Å². The second-order valence-electron chi connectivity index (χ2n) is 6.48. The van der Waals surface area contributed by atoms with Gasteiger partial charge in [-0.05, 0) is 44.9 Å². The quantitative estimate of drug-likeness (QED) is 0.555. The number of aromatic nitrogens is 1. The van der Waals surface area contributed by atoms with Crippen molar-refractivity contribution >= 4 is 6.29 Å². The molecule has 126 valence electrons. The Kier molecular flexibility index (Phi) is 5.44. The number of hydrogen-bond acceptors (Lipinski definition) is 5. The summed E-state index contributed by atoms with van der Waals surface area (Å²) in [4.78, 5) is 26.1. The lowest BCUT2D eigenvalue weighted by Crippen LogP contribution is -2.19. The summed E-state index contributed by atoms with van der Waals surface area (Å²) in [6.07, 6.45) is 1.36. The maximum Gasteiger partial charge on any atom is 0.213 e. The van der Waals surface area contributed by atoms with Gasteiger partial charge in [-0.3, -0.25) is 4.79 Å². The number of hydrogen-bond donors (Lipinski definition) is 0. The Morgan fingerprint density at radius 2 is 2.00 bits per heavy atom. The van der Waals surface area contributed by atoms with Gasteiger partial charge in [-0.25, -0.2) is 4.98 Å². The second-order valence-corrected chi connectivity index (χ2v) is 6.48. The van der Waals surface area contributed by atoms with E-state index in [1.54, 1.807) is 19.9 Å².